The Morgan fingerprint density at radius 2 is 2.00 bits per heavy atom. The van der Waals surface area contributed by atoms with Crippen LogP contribution < -0.4 is 0 Å². The summed E-state index contributed by atoms with van der Waals surface area (Å²) in [4.78, 5) is 21.4. The van der Waals surface area contributed by atoms with Crippen LogP contribution in [0.15, 0.2) is 16.8 Å². The maximum atomic E-state index is 12.0. The molecule has 0 bridgehead atoms. The van der Waals surface area contributed by atoms with Crippen LogP contribution in [0.3, 0.4) is 0 Å². The van der Waals surface area contributed by atoms with Gasteiger partial charge in [-0.2, -0.15) is 0 Å². The second kappa shape index (κ2) is 5.67. The summed E-state index contributed by atoms with van der Waals surface area (Å²) in [6, 6.07) is 1.46. The van der Waals surface area contributed by atoms with Gasteiger partial charge in [0.05, 0.1) is 0 Å². The van der Waals surface area contributed by atoms with Crippen LogP contribution in [0.2, 0.25) is 0 Å². The summed E-state index contributed by atoms with van der Waals surface area (Å²) in [6.07, 6.45) is -5.09. The van der Waals surface area contributed by atoms with Crippen molar-refractivity contribution in [3.8, 4) is 0 Å². The van der Waals surface area contributed by atoms with Gasteiger partial charge in [0.2, 0.25) is 0 Å². The zero-order valence-corrected chi connectivity index (χ0v) is 11.3. The van der Waals surface area contributed by atoms with Gasteiger partial charge in [-0.25, -0.2) is 0 Å². The van der Waals surface area contributed by atoms with Gasteiger partial charge in [0.25, 0.3) is 0 Å². The summed E-state index contributed by atoms with van der Waals surface area (Å²) in [6.45, 7) is 1.04. The Hall–Kier alpha value is -0.840. The van der Waals surface area contributed by atoms with Crippen LogP contribution in [-0.4, -0.2) is 18.1 Å². The first-order valence-electron chi connectivity index (χ1n) is 4.01. The quantitative estimate of drug-likeness (QED) is 0.755. The second-order valence-corrected chi connectivity index (χ2v) is 6.74. The van der Waals surface area contributed by atoms with Crippen molar-refractivity contribution in [2.24, 2.45) is 0 Å². The van der Waals surface area contributed by atoms with Crippen molar-refractivity contribution in [3.63, 3.8) is 0 Å². The SMILES string of the molecule is CC(=O)OI(OC(=O)C(F)(F)F)c1ccsc1. The predicted molar refractivity (Wildman–Crippen MR) is 60.9 cm³/mol. The Bertz CT molecular complexity index is 403. The van der Waals surface area contributed by atoms with E-state index < -0.39 is 38.8 Å². The third-order valence-electron chi connectivity index (χ3n) is 1.21. The first-order valence-corrected chi connectivity index (χ1v) is 7.80. The molecule has 1 aromatic rings. The first-order chi connectivity index (χ1) is 7.80. The molecule has 0 atom stereocenters. The molecule has 0 saturated carbocycles. The Morgan fingerprint density at radius 3 is 2.41 bits per heavy atom. The van der Waals surface area contributed by atoms with Crippen LogP contribution in [0.1, 0.15) is 6.92 Å². The van der Waals surface area contributed by atoms with Crippen LogP contribution >= 0.6 is 32.0 Å². The van der Waals surface area contributed by atoms with Crippen molar-refractivity contribution in [2.45, 2.75) is 13.1 Å². The predicted octanol–water partition coefficient (Wildman–Crippen LogP) is 2.92. The molecule has 0 aliphatic carbocycles. The molecule has 1 aromatic heterocycles. The number of carbonyl (C=O) groups excluding carboxylic acids is 2. The van der Waals surface area contributed by atoms with E-state index in [4.69, 9.17) is 0 Å². The van der Waals surface area contributed by atoms with Gasteiger partial charge >= 0.3 is 106 Å². The minimum atomic E-state index is -5.09. The average molecular weight is 382 g/mol. The van der Waals surface area contributed by atoms with E-state index in [9.17, 15) is 22.8 Å². The van der Waals surface area contributed by atoms with E-state index in [-0.39, 0.29) is 0 Å². The molecule has 0 aromatic carbocycles. The topological polar surface area (TPSA) is 52.6 Å². The fourth-order valence-electron chi connectivity index (χ4n) is 0.647. The van der Waals surface area contributed by atoms with E-state index in [2.05, 4.69) is 6.13 Å². The molecule has 0 radical (unpaired) electrons. The first kappa shape index (κ1) is 14.2. The van der Waals surface area contributed by atoms with Crippen molar-refractivity contribution in [3.05, 3.63) is 20.4 Å². The van der Waals surface area contributed by atoms with Gasteiger partial charge in [-0.05, 0) is 0 Å². The fourth-order valence-corrected chi connectivity index (χ4v) is 4.79. The van der Waals surface area contributed by atoms with Gasteiger partial charge in [0.15, 0.2) is 0 Å². The number of rotatable bonds is 3. The number of thiophene rings is 1. The van der Waals surface area contributed by atoms with Crippen LogP contribution in [-0.2, 0) is 15.7 Å². The van der Waals surface area contributed by atoms with Crippen molar-refractivity contribution in [1.82, 2.24) is 0 Å². The van der Waals surface area contributed by atoms with Gasteiger partial charge in [-0.15, -0.1) is 0 Å². The molecule has 0 spiro atoms. The summed E-state index contributed by atoms with van der Waals surface area (Å²) >= 11 is -2.15. The van der Waals surface area contributed by atoms with Gasteiger partial charge in [-0.1, -0.05) is 0 Å². The molecule has 96 valence electrons. The van der Waals surface area contributed by atoms with Crippen LogP contribution in [0.4, 0.5) is 13.2 Å². The number of carbonyl (C=O) groups is 2. The Kier molecular flexibility index (Phi) is 4.74. The Labute approximate surface area is 106 Å². The number of halogens is 4. The molecule has 4 nitrogen and oxygen atoms in total. The molecular formula is C8H6F3IO4S. The molecule has 0 fully saturated rings. The summed E-state index contributed by atoms with van der Waals surface area (Å²) in [7, 11) is 0. The van der Waals surface area contributed by atoms with Gasteiger partial charge in [-0.3, -0.25) is 0 Å². The number of hydrogen-bond donors (Lipinski definition) is 0. The van der Waals surface area contributed by atoms with Crippen molar-refractivity contribution in [1.29, 1.82) is 0 Å². The zero-order valence-electron chi connectivity index (χ0n) is 8.29. The van der Waals surface area contributed by atoms with Crippen LogP contribution in [0.5, 0.6) is 0 Å². The van der Waals surface area contributed by atoms with E-state index in [1.807, 2.05) is 0 Å². The van der Waals surface area contributed by atoms with E-state index in [0.29, 0.717) is 3.57 Å². The third-order valence-corrected chi connectivity index (χ3v) is 5.83. The maximum absolute atomic E-state index is 12.0. The molecule has 1 rings (SSSR count). The number of hydrogen-bond acceptors (Lipinski definition) is 5. The molecule has 17 heavy (non-hydrogen) atoms. The average Bonchev–Trinajstić information content (AvgIpc) is 2.66. The molecule has 0 unspecified atom stereocenters. The standard InChI is InChI=1S/C8H6F3IO4S/c1-5(13)15-12(6-2-3-17-4-6)16-7(14)8(9,10)11/h2-4H,1H3. The summed E-state index contributed by atoms with van der Waals surface area (Å²) < 4.78 is 45.2. The van der Waals surface area contributed by atoms with Gasteiger partial charge in [0.1, 0.15) is 0 Å². The molecule has 1 heterocycles. The summed E-state index contributed by atoms with van der Waals surface area (Å²) in [5.74, 6) is -3.12. The second-order valence-electron chi connectivity index (χ2n) is 2.59. The van der Waals surface area contributed by atoms with E-state index in [1.54, 1.807) is 5.38 Å². The normalized spacial score (nSPS) is 11.9. The Morgan fingerprint density at radius 1 is 1.35 bits per heavy atom. The molecule has 0 aliphatic rings. The van der Waals surface area contributed by atoms with E-state index in [0.717, 1.165) is 6.92 Å². The third kappa shape index (κ3) is 4.50. The van der Waals surface area contributed by atoms with Crippen molar-refractivity contribution >= 4 is 43.9 Å². The minimum absolute atomic E-state index is 0.326. The zero-order chi connectivity index (χ0) is 13.1. The number of alkyl halides is 3. The molecule has 0 aliphatic heterocycles. The summed E-state index contributed by atoms with van der Waals surface area (Å²) in [5.41, 5.74) is 0. The molecule has 0 amide bonds. The Balaban J connectivity index is 2.79. The van der Waals surface area contributed by atoms with Gasteiger partial charge < -0.3 is 0 Å². The van der Waals surface area contributed by atoms with Crippen molar-refractivity contribution in [2.75, 3.05) is 0 Å². The van der Waals surface area contributed by atoms with E-state index >= 15 is 0 Å². The van der Waals surface area contributed by atoms with Crippen molar-refractivity contribution < 1.29 is 28.9 Å². The van der Waals surface area contributed by atoms with Crippen LogP contribution in [0.25, 0.3) is 0 Å². The molecule has 9 heteroatoms. The monoisotopic (exact) mass is 382 g/mol. The summed E-state index contributed by atoms with van der Waals surface area (Å²) in [5, 5.41) is 3.07. The van der Waals surface area contributed by atoms with Gasteiger partial charge in [0, 0.05) is 0 Å². The molecule has 0 N–H and O–H groups in total. The molecule has 0 saturated heterocycles. The van der Waals surface area contributed by atoms with E-state index in [1.165, 1.54) is 22.8 Å². The molecular weight excluding hydrogens is 376 g/mol. The van der Waals surface area contributed by atoms with Crippen LogP contribution in [0, 0.1) is 3.57 Å². The fraction of sp³-hybridized carbons (Fsp3) is 0.250.